The molecular weight excluding hydrogens is 472 g/mol. The van der Waals surface area contributed by atoms with E-state index in [2.05, 4.69) is 20.9 Å². The number of methoxy groups -OCH3 is 1. The minimum Gasteiger partial charge on any atom is -0.493 e. The predicted octanol–water partition coefficient (Wildman–Crippen LogP) is 3.31. The molecule has 0 aliphatic carbocycles. The van der Waals surface area contributed by atoms with Crippen molar-refractivity contribution in [3.05, 3.63) is 60.3 Å². The summed E-state index contributed by atoms with van der Waals surface area (Å²) in [5.41, 5.74) is 4.41. The summed E-state index contributed by atoms with van der Waals surface area (Å²) in [6, 6.07) is 7.41. The highest BCUT2D eigenvalue weighted by atomic mass is 79.9. The van der Waals surface area contributed by atoms with Gasteiger partial charge in [-0.2, -0.15) is 0 Å². The van der Waals surface area contributed by atoms with Gasteiger partial charge in [0, 0.05) is 0 Å². The number of carbonyl (C=O) groups is 1. The van der Waals surface area contributed by atoms with E-state index in [0.29, 0.717) is 25.3 Å². The number of benzene rings is 2. The van der Waals surface area contributed by atoms with Gasteiger partial charge in [-0.25, -0.2) is 14.2 Å². The van der Waals surface area contributed by atoms with Crippen LogP contribution in [0.3, 0.4) is 0 Å². The van der Waals surface area contributed by atoms with Gasteiger partial charge in [0.05, 0.1) is 27.1 Å². The summed E-state index contributed by atoms with van der Waals surface area (Å²) in [5.74, 6) is -0.436. The molecule has 0 atom stereocenters. The van der Waals surface area contributed by atoms with E-state index in [1.54, 1.807) is 22.6 Å². The van der Waals surface area contributed by atoms with Crippen LogP contribution < -0.4 is 19.6 Å². The number of nitrogens with zero attached hydrogens (tertiary/aromatic N) is 2. The third-order valence-electron chi connectivity index (χ3n) is 4.74. The Hall–Kier alpha value is -2.91. The van der Waals surface area contributed by atoms with E-state index in [-0.39, 0.29) is 11.3 Å². The zero-order chi connectivity index (χ0) is 21.6. The van der Waals surface area contributed by atoms with E-state index in [1.807, 2.05) is 26.0 Å². The Kier molecular flexibility index (Phi) is 5.25. The first-order valence-electron chi connectivity index (χ1n) is 8.94. The molecule has 2 aromatic carbocycles. The molecule has 9 heteroatoms. The normalized spacial score (nSPS) is 12.1. The molecule has 1 N–H and O–H groups in total. The number of hydrogen-bond donors (Lipinski definition) is 1. The number of ether oxygens (including phenoxy) is 2. The highest BCUT2D eigenvalue weighted by Gasteiger charge is 2.15. The molecule has 4 aromatic rings. The SMILES string of the molecule is COc1cc(C=c2sc3nc4cc(C)c(C)cc4n3c2=O)cc(Br)c1OCC(=O)O. The monoisotopic (exact) mass is 488 g/mol. The van der Waals surface area contributed by atoms with Crippen molar-refractivity contribution < 1.29 is 19.4 Å². The lowest BCUT2D eigenvalue weighted by molar-refractivity contribution is -0.139. The van der Waals surface area contributed by atoms with Gasteiger partial charge in [0.2, 0.25) is 0 Å². The number of halogens is 1. The Bertz CT molecular complexity index is 1420. The molecule has 0 saturated carbocycles. The highest BCUT2D eigenvalue weighted by Crippen LogP contribution is 2.37. The van der Waals surface area contributed by atoms with Crippen molar-refractivity contribution in [2.75, 3.05) is 13.7 Å². The molecule has 0 spiro atoms. The third kappa shape index (κ3) is 3.54. The fourth-order valence-corrected chi connectivity index (χ4v) is 4.73. The summed E-state index contributed by atoms with van der Waals surface area (Å²) < 4.78 is 13.3. The number of rotatable bonds is 5. The summed E-state index contributed by atoms with van der Waals surface area (Å²) in [7, 11) is 1.47. The van der Waals surface area contributed by atoms with Crippen molar-refractivity contribution in [2.45, 2.75) is 13.8 Å². The maximum absolute atomic E-state index is 13.1. The summed E-state index contributed by atoms with van der Waals surface area (Å²) >= 11 is 4.70. The van der Waals surface area contributed by atoms with Crippen LogP contribution in [0.25, 0.3) is 22.1 Å². The minimum atomic E-state index is -1.09. The van der Waals surface area contributed by atoms with Crippen LogP contribution in [-0.4, -0.2) is 34.2 Å². The number of thiazole rings is 1. The zero-order valence-electron chi connectivity index (χ0n) is 16.4. The Labute approximate surface area is 183 Å². The Balaban J connectivity index is 1.84. The van der Waals surface area contributed by atoms with Crippen molar-refractivity contribution >= 4 is 55.3 Å². The lowest BCUT2D eigenvalue weighted by Crippen LogP contribution is -2.22. The van der Waals surface area contributed by atoms with Crippen molar-refractivity contribution in [1.82, 2.24) is 9.38 Å². The van der Waals surface area contributed by atoms with Crippen LogP contribution in [0, 0.1) is 13.8 Å². The molecule has 0 fully saturated rings. The number of hydrogen-bond acceptors (Lipinski definition) is 6. The second-order valence-electron chi connectivity index (χ2n) is 6.79. The van der Waals surface area contributed by atoms with Gasteiger partial charge in [-0.05, 0) is 76.8 Å². The van der Waals surface area contributed by atoms with Crippen molar-refractivity contribution in [2.24, 2.45) is 0 Å². The van der Waals surface area contributed by atoms with Gasteiger partial charge >= 0.3 is 5.97 Å². The minimum absolute atomic E-state index is 0.137. The van der Waals surface area contributed by atoms with Crippen molar-refractivity contribution in [1.29, 1.82) is 0 Å². The van der Waals surface area contributed by atoms with Crippen LogP contribution in [0.15, 0.2) is 33.5 Å². The fourth-order valence-electron chi connectivity index (χ4n) is 3.17. The van der Waals surface area contributed by atoms with E-state index in [0.717, 1.165) is 22.2 Å². The maximum atomic E-state index is 13.1. The Morgan fingerprint density at radius 3 is 2.70 bits per heavy atom. The summed E-state index contributed by atoms with van der Waals surface area (Å²) in [6.07, 6.45) is 1.75. The first-order valence-corrected chi connectivity index (χ1v) is 10.6. The molecule has 0 aliphatic heterocycles. The number of aliphatic carboxylic acids is 1. The lowest BCUT2D eigenvalue weighted by Gasteiger charge is -2.12. The molecule has 0 unspecified atom stereocenters. The molecule has 154 valence electrons. The molecule has 2 heterocycles. The average Bonchev–Trinajstić information content (AvgIpc) is 3.17. The molecule has 30 heavy (non-hydrogen) atoms. The largest absolute Gasteiger partial charge is 0.493 e. The van der Waals surface area contributed by atoms with Gasteiger partial charge in [-0.15, -0.1) is 0 Å². The molecule has 0 radical (unpaired) electrons. The first kappa shape index (κ1) is 20.4. The van der Waals surface area contributed by atoms with E-state index >= 15 is 0 Å². The van der Waals surface area contributed by atoms with Crippen LogP contribution in [0.4, 0.5) is 0 Å². The summed E-state index contributed by atoms with van der Waals surface area (Å²) in [6.45, 7) is 3.54. The molecule has 0 amide bonds. The predicted molar refractivity (Wildman–Crippen MR) is 119 cm³/mol. The molecular formula is C21H17BrN2O5S. The van der Waals surface area contributed by atoms with Crippen LogP contribution in [-0.2, 0) is 4.79 Å². The molecule has 0 aliphatic rings. The molecule has 7 nitrogen and oxygen atoms in total. The Morgan fingerprint density at radius 1 is 1.27 bits per heavy atom. The topological polar surface area (TPSA) is 90.1 Å². The number of aromatic nitrogens is 2. The van der Waals surface area contributed by atoms with Gasteiger partial charge in [-0.1, -0.05) is 11.3 Å². The highest BCUT2D eigenvalue weighted by molar-refractivity contribution is 9.10. The summed E-state index contributed by atoms with van der Waals surface area (Å²) in [5, 5.41) is 8.84. The van der Waals surface area contributed by atoms with Crippen LogP contribution in [0.2, 0.25) is 0 Å². The van der Waals surface area contributed by atoms with Gasteiger partial charge in [-0.3, -0.25) is 4.79 Å². The van der Waals surface area contributed by atoms with E-state index in [4.69, 9.17) is 14.6 Å². The average molecular weight is 489 g/mol. The molecule has 0 bridgehead atoms. The van der Waals surface area contributed by atoms with Gasteiger partial charge in [0.25, 0.3) is 5.56 Å². The van der Waals surface area contributed by atoms with E-state index < -0.39 is 12.6 Å². The Morgan fingerprint density at radius 2 is 2.00 bits per heavy atom. The maximum Gasteiger partial charge on any atom is 0.341 e. The second kappa shape index (κ2) is 7.73. The van der Waals surface area contributed by atoms with Crippen molar-refractivity contribution in [3.8, 4) is 11.5 Å². The quantitative estimate of drug-likeness (QED) is 0.463. The van der Waals surface area contributed by atoms with Gasteiger partial charge < -0.3 is 14.6 Å². The van der Waals surface area contributed by atoms with Crippen molar-refractivity contribution in [3.63, 3.8) is 0 Å². The molecule has 2 aromatic heterocycles. The zero-order valence-corrected chi connectivity index (χ0v) is 18.8. The second-order valence-corrected chi connectivity index (χ2v) is 8.65. The van der Waals surface area contributed by atoms with Gasteiger partial charge in [0.1, 0.15) is 0 Å². The number of fused-ring (bicyclic) bond motifs is 3. The first-order chi connectivity index (χ1) is 14.3. The standard InChI is InChI=1S/C21H17BrN2O5S/c1-10-4-14-15(5-11(10)2)24-20(27)17(30-21(24)23-14)8-12-6-13(22)19(16(7-12)28-3)29-9-18(25)26/h4-8H,9H2,1-3H3,(H,25,26). The van der Waals surface area contributed by atoms with Crippen LogP contribution >= 0.6 is 27.3 Å². The van der Waals surface area contributed by atoms with E-state index in [9.17, 15) is 9.59 Å². The van der Waals surface area contributed by atoms with E-state index in [1.165, 1.54) is 18.4 Å². The van der Waals surface area contributed by atoms with Crippen LogP contribution in [0.1, 0.15) is 16.7 Å². The number of carboxylic acids is 1. The molecule has 0 saturated heterocycles. The smallest absolute Gasteiger partial charge is 0.341 e. The van der Waals surface area contributed by atoms with Crippen LogP contribution in [0.5, 0.6) is 11.5 Å². The fraction of sp³-hybridized carbons (Fsp3) is 0.190. The van der Waals surface area contributed by atoms with Gasteiger partial charge in [0.15, 0.2) is 23.1 Å². The molecule has 4 rings (SSSR count). The number of imidazole rings is 1. The third-order valence-corrected chi connectivity index (χ3v) is 6.30. The summed E-state index contributed by atoms with van der Waals surface area (Å²) in [4.78, 5) is 29.1. The number of carboxylic acid groups (broad SMARTS) is 1. The number of aryl methyl sites for hydroxylation is 2. The lowest BCUT2D eigenvalue weighted by atomic mass is 10.1.